The predicted molar refractivity (Wildman–Crippen MR) is 95.9 cm³/mol. The predicted octanol–water partition coefficient (Wildman–Crippen LogP) is 3.63. The number of hydrogen-bond donors (Lipinski definition) is 2. The molecule has 0 bridgehead atoms. The van der Waals surface area contributed by atoms with Crippen LogP contribution in [0.4, 0.5) is 4.79 Å². The Hall–Kier alpha value is -2.24. The summed E-state index contributed by atoms with van der Waals surface area (Å²) in [7, 11) is 0. The van der Waals surface area contributed by atoms with E-state index in [9.17, 15) is 14.7 Å². The molecule has 0 saturated heterocycles. The van der Waals surface area contributed by atoms with Gasteiger partial charge < -0.3 is 19.9 Å². The van der Waals surface area contributed by atoms with E-state index in [1.165, 1.54) is 0 Å². The lowest BCUT2D eigenvalue weighted by atomic mass is 9.95. The lowest BCUT2D eigenvalue weighted by Crippen LogP contribution is -2.34. The molecule has 1 aromatic carbocycles. The fraction of sp³-hybridized carbons (Fsp3) is 0.579. The number of rotatable bonds is 9. The monoisotopic (exact) mass is 351 g/mol. The van der Waals surface area contributed by atoms with E-state index in [4.69, 9.17) is 9.47 Å². The number of hydrogen-bond acceptors (Lipinski definition) is 4. The van der Waals surface area contributed by atoms with E-state index in [1.807, 2.05) is 31.2 Å². The van der Waals surface area contributed by atoms with Gasteiger partial charge in [0.15, 0.2) is 0 Å². The first-order valence-corrected chi connectivity index (χ1v) is 8.62. The average molecular weight is 351 g/mol. The van der Waals surface area contributed by atoms with E-state index >= 15 is 0 Å². The normalized spacial score (nSPS) is 12.3. The van der Waals surface area contributed by atoms with Crippen LogP contribution in [0, 0.1) is 5.92 Å². The topological polar surface area (TPSA) is 84.9 Å². The maximum absolute atomic E-state index is 11.5. The first-order chi connectivity index (χ1) is 11.7. The molecule has 0 aliphatic carbocycles. The Morgan fingerprint density at radius 1 is 1.20 bits per heavy atom. The average Bonchev–Trinajstić information content (AvgIpc) is 2.51. The summed E-state index contributed by atoms with van der Waals surface area (Å²) >= 11 is 0. The van der Waals surface area contributed by atoms with Crippen molar-refractivity contribution in [1.29, 1.82) is 0 Å². The molecule has 0 fully saturated rings. The van der Waals surface area contributed by atoms with Gasteiger partial charge >= 0.3 is 12.1 Å². The van der Waals surface area contributed by atoms with E-state index in [-0.39, 0.29) is 5.92 Å². The molecule has 1 rings (SSSR count). The fourth-order valence-electron chi connectivity index (χ4n) is 2.30. The Morgan fingerprint density at radius 2 is 1.84 bits per heavy atom. The maximum Gasteiger partial charge on any atom is 0.407 e. The van der Waals surface area contributed by atoms with Crippen LogP contribution in [-0.4, -0.2) is 35.9 Å². The number of nitrogens with one attached hydrogen (secondary N) is 1. The largest absolute Gasteiger partial charge is 0.492 e. The van der Waals surface area contributed by atoms with Crippen molar-refractivity contribution >= 4 is 12.1 Å². The second kappa shape index (κ2) is 9.91. The van der Waals surface area contributed by atoms with Crippen LogP contribution in [0.5, 0.6) is 5.75 Å². The third kappa shape index (κ3) is 8.98. The first-order valence-electron chi connectivity index (χ1n) is 8.62. The minimum Gasteiger partial charge on any atom is -0.492 e. The van der Waals surface area contributed by atoms with Crippen LogP contribution in [0.3, 0.4) is 0 Å². The van der Waals surface area contributed by atoms with Gasteiger partial charge in [-0.3, -0.25) is 4.79 Å². The van der Waals surface area contributed by atoms with Crippen molar-refractivity contribution in [2.75, 3.05) is 13.2 Å². The standard InChI is InChI=1S/C19H29NO5/c1-5-6-15(17(21)22)13-14-7-9-16(10-8-14)24-12-11-20-18(23)25-19(2,3)4/h7-10,15H,5-6,11-13H2,1-4H3,(H,20,23)(H,21,22). The highest BCUT2D eigenvalue weighted by molar-refractivity contribution is 5.70. The zero-order valence-electron chi connectivity index (χ0n) is 15.5. The summed E-state index contributed by atoms with van der Waals surface area (Å²) < 4.78 is 10.7. The second-order valence-electron chi connectivity index (χ2n) is 6.95. The Bertz CT molecular complexity index is 548. The van der Waals surface area contributed by atoms with Crippen LogP contribution in [0.1, 0.15) is 46.1 Å². The van der Waals surface area contributed by atoms with Crippen LogP contribution < -0.4 is 10.1 Å². The number of benzene rings is 1. The van der Waals surface area contributed by atoms with Gasteiger partial charge in [0, 0.05) is 0 Å². The zero-order valence-corrected chi connectivity index (χ0v) is 15.5. The molecule has 140 valence electrons. The molecule has 0 heterocycles. The SMILES string of the molecule is CCCC(Cc1ccc(OCCNC(=O)OC(C)(C)C)cc1)C(=O)O. The van der Waals surface area contributed by atoms with E-state index in [0.717, 1.165) is 12.0 Å². The summed E-state index contributed by atoms with van der Waals surface area (Å²) in [5, 5.41) is 11.8. The van der Waals surface area contributed by atoms with E-state index < -0.39 is 17.7 Å². The summed E-state index contributed by atoms with van der Waals surface area (Å²) in [6.45, 7) is 8.07. The number of carboxylic acid groups (broad SMARTS) is 1. The lowest BCUT2D eigenvalue weighted by Gasteiger charge is -2.19. The number of carbonyl (C=O) groups is 2. The van der Waals surface area contributed by atoms with Gasteiger partial charge in [0.1, 0.15) is 18.0 Å². The number of alkyl carbamates (subject to hydrolysis) is 1. The maximum atomic E-state index is 11.5. The molecule has 25 heavy (non-hydrogen) atoms. The Labute approximate surface area is 149 Å². The van der Waals surface area contributed by atoms with Gasteiger partial charge in [0.25, 0.3) is 0 Å². The third-order valence-electron chi connectivity index (χ3n) is 3.43. The third-order valence-corrected chi connectivity index (χ3v) is 3.43. The Balaban J connectivity index is 2.37. The first kappa shape index (κ1) is 20.8. The van der Waals surface area contributed by atoms with Crippen LogP contribution in [0.15, 0.2) is 24.3 Å². The zero-order chi connectivity index (χ0) is 18.9. The summed E-state index contributed by atoms with van der Waals surface area (Å²) in [6.07, 6.45) is 1.57. The summed E-state index contributed by atoms with van der Waals surface area (Å²) in [6, 6.07) is 7.38. The van der Waals surface area contributed by atoms with Gasteiger partial charge in [-0.1, -0.05) is 25.5 Å². The number of carbonyl (C=O) groups excluding carboxylic acids is 1. The molecule has 0 radical (unpaired) electrons. The van der Waals surface area contributed by atoms with Gasteiger partial charge in [0.05, 0.1) is 12.5 Å². The Kier molecular flexibility index (Phi) is 8.25. The molecule has 1 aromatic rings. The highest BCUT2D eigenvalue weighted by Gasteiger charge is 2.17. The molecule has 0 aliphatic heterocycles. The molecule has 2 N–H and O–H groups in total. The van der Waals surface area contributed by atoms with E-state index in [0.29, 0.717) is 31.7 Å². The summed E-state index contributed by atoms with van der Waals surface area (Å²) in [5.41, 5.74) is 0.451. The van der Waals surface area contributed by atoms with Crippen molar-refractivity contribution in [1.82, 2.24) is 5.32 Å². The van der Waals surface area contributed by atoms with Crippen molar-refractivity contribution < 1.29 is 24.2 Å². The highest BCUT2D eigenvalue weighted by atomic mass is 16.6. The van der Waals surface area contributed by atoms with Crippen molar-refractivity contribution in [2.45, 2.75) is 52.6 Å². The molecule has 6 nitrogen and oxygen atoms in total. The van der Waals surface area contributed by atoms with Crippen molar-refractivity contribution in [3.05, 3.63) is 29.8 Å². The summed E-state index contributed by atoms with van der Waals surface area (Å²) in [4.78, 5) is 22.7. The molecular weight excluding hydrogens is 322 g/mol. The molecular formula is C19H29NO5. The number of aliphatic carboxylic acids is 1. The molecule has 0 aromatic heterocycles. The molecule has 1 amide bonds. The van der Waals surface area contributed by atoms with Crippen molar-refractivity contribution in [3.63, 3.8) is 0 Å². The van der Waals surface area contributed by atoms with Gasteiger partial charge in [-0.2, -0.15) is 0 Å². The van der Waals surface area contributed by atoms with Crippen molar-refractivity contribution in [2.24, 2.45) is 5.92 Å². The number of ether oxygens (including phenoxy) is 2. The van der Waals surface area contributed by atoms with Crippen molar-refractivity contribution in [3.8, 4) is 5.75 Å². The highest BCUT2D eigenvalue weighted by Crippen LogP contribution is 2.18. The molecule has 0 aliphatic rings. The van der Waals surface area contributed by atoms with Crippen LogP contribution in [0.2, 0.25) is 0 Å². The minimum atomic E-state index is -0.754. The van der Waals surface area contributed by atoms with E-state index in [1.54, 1.807) is 20.8 Å². The number of amides is 1. The molecule has 0 saturated carbocycles. The molecule has 1 atom stereocenters. The van der Waals surface area contributed by atoms with Gasteiger partial charge in [-0.15, -0.1) is 0 Å². The molecule has 6 heteroatoms. The second-order valence-corrected chi connectivity index (χ2v) is 6.95. The smallest absolute Gasteiger partial charge is 0.407 e. The van der Waals surface area contributed by atoms with Crippen LogP contribution in [0.25, 0.3) is 0 Å². The molecule has 0 spiro atoms. The fourth-order valence-corrected chi connectivity index (χ4v) is 2.30. The molecule has 1 unspecified atom stereocenters. The lowest BCUT2D eigenvalue weighted by molar-refractivity contribution is -0.141. The summed E-state index contributed by atoms with van der Waals surface area (Å²) in [5.74, 6) is -0.428. The van der Waals surface area contributed by atoms with Gasteiger partial charge in [-0.25, -0.2) is 4.79 Å². The van der Waals surface area contributed by atoms with Crippen LogP contribution in [-0.2, 0) is 16.0 Å². The van der Waals surface area contributed by atoms with E-state index in [2.05, 4.69) is 5.32 Å². The number of carboxylic acids is 1. The quantitative estimate of drug-likeness (QED) is 0.664. The van der Waals surface area contributed by atoms with Gasteiger partial charge in [0.2, 0.25) is 0 Å². The Morgan fingerprint density at radius 3 is 2.36 bits per heavy atom. The van der Waals surface area contributed by atoms with Gasteiger partial charge in [-0.05, 0) is 51.3 Å². The minimum absolute atomic E-state index is 0.326. The van der Waals surface area contributed by atoms with Crippen LogP contribution >= 0.6 is 0 Å².